The third-order valence-electron chi connectivity index (χ3n) is 3.40. The maximum absolute atomic E-state index is 12.8. The maximum Gasteiger partial charge on any atom is 0.221 e. The summed E-state index contributed by atoms with van der Waals surface area (Å²) in [6.45, 7) is 0.363. The van der Waals surface area contributed by atoms with Crippen molar-refractivity contribution in [2.24, 2.45) is 0 Å². The molecule has 0 aliphatic rings. The first kappa shape index (κ1) is 18.4. The van der Waals surface area contributed by atoms with Gasteiger partial charge in [0, 0.05) is 18.0 Å². The number of carbonyl (C=O) groups is 1. The topological polar surface area (TPSA) is 63.2 Å². The summed E-state index contributed by atoms with van der Waals surface area (Å²) in [4.78, 5) is 11.9. The maximum atomic E-state index is 12.8. The molecule has 0 aromatic heterocycles. The van der Waals surface area contributed by atoms with Crippen LogP contribution in [0.3, 0.4) is 0 Å². The van der Waals surface area contributed by atoms with E-state index in [0.717, 1.165) is 5.56 Å². The monoisotopic (exact) mass is 369 g/mol. The highest BCUT2D eigenvalue weighted by atomic mass is 35.5. The van der Waals surface area contributed by atoms with Crippen LogP contribution in [0.4, 0.5) is 4.39 Å². The molecule has 2 aromatic rings. The minimum Gasteiger partial charge on any atom is -0.356 e. The van der Waals surface area contributed by atoms with Gasteiger partial charge in [-0.05, 0) is 42.3 Å². The molecule has 7 heteroatoms. The lowest BCUT2D eigenvalue weighted by Gasteiger charge is -2.07. The van der Waals surface area contributed by atoms with Crippen molar-refractivity contribution in [2.75, 3.05) is 12.3 Å². The molecule has 0 spiro atoms. The summed E-state index contributed by atoms with van der Waals surface area (Å²) in [5.74, 6) is -0.938. The largest absolute Gasteiger partial charge is 0.356 e. The molecule has 0 fully saturated rings. The van der Waals surface area contributed by atoms with E-state index in [1.54, 1.807) is 24.3 Å². The van der Waals surface area contributed by atoms with Gasteiger partial charge < -0.3 is 5.32 Å². The summed E-state index contributed by atoms with van der Waals surface area (Å²) in [5.41, 5.74) is 0.892. The predicted molar refractivity (Wildman–Crippen MR) is 91.2 cm³/mol. The number of carbonyl (C=O) groups excluding carboxylic acids is 1. The van der Waals surface area contributed by atoms with Gasteiger partial charge >= 0.3 is 0 Å². The Morgan fingerprint density at radius 1 is 1.12 bits per heavy atom. The number of amides is 1. The van der Waals surface area contributed by atoms with Gasteiger partial charge in [0.15, 0.2) is 9.84 Å². The molecular formula is C17H17ClFNO3S. The predicted octanol–water partition coefficient (Wildman–Crippen LogP) is 3.00. The first-order chi connectivity index (χ1) is 11.4. The smallest absolute Gasteiger partial charge is 0.221 e. The molecule has 0 heterocycles. The normalized spacial score (nSPS) is 11.2. The average Bonchev–Trinajstić information content (AvgIpc) is 2.55. The number of nitrogens with one attached hydrogen (secondary N) is 1. The minimum atomic E-state index is -3.55. The van der Waals surface area contributed by atoms with Crippen molar-refractivity contribution in [1.29, 1.82) is 0 Å². The van der Waals surface area contributed by atoms with E-state index in [0.29, 0.717) is 18.0 Å². The fraction of sp³-hybridized carbons (Fsp3) is 0.235. The lowest BCUT2D eigenvalue weighted by Crippen LogP contribution is -2.27. The van der Waals surface area contributed by atoms with Gasteiger partial charge in [-0.2, -0.15) is 0 Å². The van der Waals surface area contributed by atoms with Crippen molar-refractivity contribution in [3.05, 3.63) is 64.9 Å². The van der Waals surface area contributed by atoms with Crippen LogP contribution in [0.15, 0.2) is 53.4 Å². The SMILES string of the molecule is O=C(CCS(=O)(=O)c1cccc(Cl)c1)NCCc1ccc(F)cc1. The Morgan fingerprint density at radius 3 is 2.50 bits per heavy atom. The molecule has 2 rings (SSSR count). The number of rotatable bonds is 7. The molecule has 0 saturated carbocycles. The molecule has 1 N–H and O–H groups in total. The Bertz CT molecular complexity index is 807. The van der Waals surface area contributed by atoms with Crippen molar-refractivity contribution < 1.29 is 17.6 Å². The molecule has 0 aliphatic heterocycles. The molecule has 128 valence electrons. The minimum absolute atomic E-state index is 0.106. The van der Waals surface area contributed by atoms with Crippen LogP contribution in [-0.2, 0) is 21.1 Å². The molecule has 0 bridgehead atoms. The van der Waals surface area contributed by atoms with E-state index in [2.05, 4.69) is 5.32 Å². The number of halogens is 2. The summed E-state index contributed by atoms with van der Waals surface area (Å²) >= 11 is 5.78. The van der Waals surface area contributed by atoms with Crippen LogP contribution in [0.2, 0.25) is 5.02 Å². The molecule has 0 radical (unpaired) electrons. The van der Waals surface area contributed by atoms with Crippen LogP contribution in [0, 0.1) is 5.82 Å². The third-order valence-corrected chi connectivity index (χ3v) is 5.35. The first-order valence-electron chi connectivity index (χ1n) is 7.36. The van der Waals surface area contributed by atoms with Gasteiger partial charge in [0.1, 0.15) is 5.82 Å². The number of hydrogen-bond donors (Lipinski definition) is 1. The summed E-state index contributed by atoms with van der Waals surface area (Å²) in [6, 6.07) is 12.0. The second-order valence-electron chi connectivity index (χ2n) is 5.25. The second-order valence-corrected chi connectivity index (χ2v) is 7.80. The summed E-state index contributed by atoms with van der Waals surface area (Å²) in [5, 5.41) is 2.99. The van der Waals surface area contributed by atoms with E-state index < -0.39 is 9.84 Å². The molecule has 0 saturated heterocycles. The highest BCUT2D eigenvalue weighted by Crippen LogP contribution is 2.17. The van der Waals surface area contributed by atoms with E-state index in [4.69, 9.17) is 11.6 Å². The van der Waals surface area contributed by atoms with Crippen molar-refractivity contribution in [2.45, 2.75) is 17.7 Å². The Hall–Kier alpha value is -1.92. The van der Waals surface area contributed by atoms with Crippen molar-refractivity contribution in [1.82, 2.24) is 5.32 Å². The van der Waals surface area contributed by atoms with Gasteiger partial charge in [-0.3, -0.25) is 4.79 Å². The summed E-state index contributed by atoms with van der Waals surface area (Å²) in [6.07, 6.45) is 0.422. The van der Waals surface area contributed by atoms with Gasteiger partial charge in [0.25, 0.3) is 0 Å². The molecule has 24 heavy (non-hydrogen) atoms. The van der Waals surface area contributed by atoms with Crippen LogP contribution < -0.4 is 5.32 Å². The zero-order chi connectivity index (χ0) is 17.6. The number of sulfone groups is 1. The van der Waals surface area contributed by atoms with Crippen LogP contribution in [-0.4, -0.2) is 26.6 Å². The lowest BCUT2D eigenvalue weighted by atomic mass is 10.1. The fourth-order valence-corrected chi connectivity index (χ4v) is 3.63. The molecule has 0 atom stereocenters. The first-order valence-corrected chi connectivity index (χ1v) is 9.39. The Morgan fingerprint density at radius 2 is 1.83 bits per heavy atom. The highest BCUT2D eigenvalue weighted by molar-refractivity contribution is 7.91. The van der Waals surface area contributed by atoms with E-state index in [-0.39, 0.29) is 28.8 Å². The molecular weight excluding hydrogens is 353 g/mol. The van der Waals surface area contributed by atoms with E-state index in [1.807, 2.05) is 0 Å². The Balaban J connectivity index is 1.79. The van der Waals surface area contributed by atoms with Crippen LogP contribution in [0.5, 0.6) is 0 Å². The molecule has 4 nitrogen and oxygen atoms in total. The van der Waals surface area contributed by atoms with Crippen LogP contribution in [0.1, 0.15) is 12.0 Å². The number of hydrogen-bond acceptors (Lipinski definition) is 3. The Kier molecular flexibility index (Phi) is 6.34. The van der Waals surface area contributed by atoms with Gasteiger partial charge in [0.05, 0.1) is 10.6 Å². The van der Waals surface area contributed by atoms with E-state index in [1.165, 1.54) is 24.3 Å². The fourth-order valence-electron chi connectivity index (χ4n) is 2.09. The third kappa shape index (κ3) is 5.62. The highest BCUT2D eigenvalue weighted by Gasteiger charge is 2.16. The molecule has 0 unspecified atom stereocenters. The second kappa shape index (κ2) is 8.26. The van der Waals surface area contributed by atoms with Crippen molar-refractivity contribution in [3.63, 3.8) is 0 Å². The Labute approximate surface area is 145 Å². The molecule has 0 aliphatic carbocycles. The number of benzene rings is 2. The lowest BCUT2D eigenvalue weighted by molar-refractivity contribution is -0.120. The molecule has 2 aromatic carbocycles. The zero-order valence-electron chi connectivity index (χ0n) is 12.8. The zero-order valence-corrected chi connectivity index (χ0v) is 14.4. The van der Waals surface area contributed by atoms with E-state index in [9.17, 15) is 17.6 Å². The van der Waals surface area contributed by atoms with Gasteiger partial charge in [-0.15, -0.1) is 0 Å². The van der Waals surface area contributed by atoms with Crippen molar-refractivity contribution in [3.8, 4) is 0 Å². The van der Waals surface area contributed by atoms with Crippen molar-refractivity contribution >= 4 is 27.3 Å². The van der Waals surface area contributed by atoms with Gasteiger partial charge in [-0.25, -0.2) is 12.8 Å². The van der Waals surface area contributed by atoms with E-state index >= 15 is 0 Å². The molecule has 1 amide bonds. The standard InChI is InChI=1S/C17H17ClFNO3S/c18-14-2-1-3-16(12-14)24(22,23)11-9-17(21)20-10-8-13-4-6-15(19)7-5-13/h1-7,12H,8-11H2,(H,20,21). The summed E-state index contributed by atoms with van der Waals surface area (Å²) in [7, 11) is -3.55. The van der Waals surface area contributed by atoms with Crippen LogP contribution >= 0.6 is 11.6 Å². The summed E-state index contributed by atoms with van der Waals surface area (Å²) < 4.78 is 37.1. The van der Waals surface area contributed by atoms with Gasteiger partial charge in [0.2, 0.25) is 5.91 Å². The van der Waals surface area contributed by atoms with Gasteiger partial charge in [-0.1, -0.05) is 29.8 Å². The van der Waals surface area contributed by atoms with Crippen LogP contribution in [0.25, 0.3) is 0 Å². The quantitative estimate of drug-likeness (QED) is 0.816. The average molecular weight is 370 g/mol.